The van der Waals surface area contributed by atoms with E-state index in [0.717, 1.165) is 15.2 Å². The molecule has 2 aliphatic heterocycles. The summed E-state index contributed by atoms with van der Waals surface area (Å²) in [5, 5.41) is 5.55. The van der Waals surface area contributed by atoms with Crippen LogP contribution in [0.5, 0.6) is 5.75 Å². The van der Waals surface area contributed by atoms with Gasteiger partial charge in [0.2, 0.25) is 0 Å². The van der Waals surface area contributed by atoms with Crippen molar-refractivity contribution in [3.63, 3.8) is 0 Å². The number of carbonyl (C=O) groups is 2. The molecule has 1 amide bonds. The van der Waals surface area contributed by atoms with E-state index in [1.165, 1.54) is 11.8 Å². The molecule has 1 atom stereocenters. The maximum atomic E-state index is 12.7. The number of benzene rings is 2. The highest BCUT2D eigenvalue weighted by molar-refractivity contribution is 9.10. The summed E-state index contributed by atoms with van der Waals surface area (Å²) in [6.45, 7) is 3.78. The monoisotopic (exact) mass is 527 g/mol. The van der Waals surface area contributed by atoms with Crippen LogP contribution < -0.4 is 10.1 Å². The average Bonchev–Trinajstić information content (AvgIpc) is 3.27. The summed E-state index contributed by atoms with van der Waals surface area (Å²) < 4.78 is 11.9. The molecular weight excluding hydrogens is 506 g/mol. The van der Waals surface area contributed by atoms with Crippen LogP contribution in [0.15, 0.2) is 80.9 Å². The van der Waals surface area contributed by atoms with Gasteiger partial charge in [0.25, 0.3) is 5.91 Å². The Morgan fingerprint density at radius 1 is 1.15 bits per heavy atom. The Morgan fingerprint density at radius 2 is 1.88 bits per heavy atom. The molecule has 0 saturated carbocycles. The number of aliphatic imine (C=N–C) groups is 1. The number of anilines is 1. The van der Waals surface area contributed by atoms with Crippen LogP contribution >= 0.6 is 27.7 Å². The first-order valence-corrected chi connectivity index (χ1v) is 12.0. The van der Waals surface area contributed by atoms with Crippen LogP contribution in [0.25, 0.3) is 0 Å². The molecule has 9 heteroatoms. The SMILES string of the molecule is CCOC(=O)C1=C(C)N=C2SC=CN2[C@@H]1c1ccc(OCC(=O)Nc2ccc(Br)cc2)cc1. The van der Waals surface area contributed by atoms with Crippen LogP contribution in [0.3, 0.4) is 0 Å². The molecule has 33 heavy (non-hydrogen) atoms. The Bertz CT molecular complexity index is 1140. The van der Waals surface area contributed by atoms with E-state index in [-0.39, 0.29) is 24.5 Å². The predicted molar refractivity (Wildman–Crippen MR) is 133 cm³/mol. The second-order valence-corrected chi connectivity index (χ2v) is 9.03. The molecule has 2 heterocycles. The van der Waals surface area contributed by atoms with Crippen molar-refractivity contribution < 1.29 is 19.1 Å². The number of amides is 1. The van der Waals surface area contributed by atoms with Gasteiger partial charge in [0, 0.05) is 16.4 Å². The van der Waals surface area contributed by atoms with Gasteiger partial charge in [-0.2, -0.15) is 0 Å². The predicted octanol–water partition coefficient (Wildman–Crippen LogP) is 5.23. The zero-order valence-electron chi connectivity index (χ0n) is 18.1. The van der Waals surface area contributed by atoms with Crippen molar-refractivity contribution in [2.45, 2.75) is 19.9 Å². The molecule has 0 saturated heterocycles. The number of nitrogens with one attached hydrogen (secondary N) is 1. The van der Waals surface area contributed by atoms with Gasteiger partial charge in [-0.1, -0.05) is 39.8 Å². The zero-order chi connectivity index (χ0) is 23.4. The number of halogens is 1. The van der Waals surface area contributed by atoms with Crippen molar-refractivity contribution in [3.05, 3.63) is 81.4 Å². The third-order valence-corrected chi connectivity index (χ3v) is 6.31. The molecular formula is C24H22BrN3O4S. The topological polar surface area (TPSA) is 80.2 Å². The number of thioether (sulfide) groups is 1. The van der Waals surface area contributed by atoms with Gasteiger partial charge in [-0.25, -0.2) is 9.79 Å². The molecule has 0 radical (unpaired) electrons. The summed E-state index contributed by atoms with van der Waals surface area (Å²) in [6.07, 6.45) is 1.91. The number of carbonyl (C=O) groups excluding carboxylic acids is 2. The largest absolute Gasteiger partial charge is 0.484 e. The Morgan fingerprint density at radius 3 is 2.58 bits per heavy atom. The fourth-order valence-corrected chi connectivity index (χ4v) is 4.58. The smallest absolute Gasteiger partial charge is 0.338 e. The van der Waals surface area contributed by atoms with Gasteiger partial charge in [0.05, 0.1) is 23.9 Å². The minimum Gasteiger partial charge on any atom is -0.484 e. The van der Waals surface area contributed by atoms with Crippen LogP contribution in [0.1, 0.15) is 25.5 Å². The number of nitrogens with zero attached hydrogens (tertiary/aromatic N) is 2. The Hall–Kier alpha value is -3.04. The first-order valence-electron chi connectivity index (χ1n) is 10.3. The summed E-state index contributed by atoms with van der Waals surface area (Å²) in [4.78, 5) is 31.4. The third-order valence-electron chi connectivity index (χ3n) is 5.01. The van der Waals surface area contributed by atoms with Gasteiger partial charge in [-0.3, -0.25) is 4.79 Å². The fourth-order valence-electron chi connectivity index (χ4n) is 3.52. The van der Waals surface area contributed by atoms with E-state index in [2.05, 4.69) is 26.2 Å². The molecule has 0 aliphatic carbocycles. The molecule has 7 nitrogen and oxygen atoms in total. The second kappa shape index (κ2) is 10.3. The molecule has 2 aromatic rings. The van der Waals surface area contributed by atoms with Crippen molar-refractivity contribution in [3.8, 4) is 5.75 Å². The molecule has 0 fully saturated rings. The van der Waals surface area contributed by atoms with E-state index in [1.807, 2.05) is 47.7 Å². The fraction of sp³-hybridized carbons (Fsp3) is 0.208. The van der Waals surface area contributed by atoms with E-state index < -0.39 is 0 Å². The summed E-state index contributed by atoms with van der Waals surface area (Å²) >= 11 is 4.87. The summed E-state index contributed by atoms with van der Waals surface area (Å²) in [5.74, 6) is -0.0749. The molecule has 4 rings (SSSR count). The van der Waals surface area contributed by atoms with Gasteiger partial charge in [0.1, 0.15) is 5.75 Å². The van der Waals surface area contributed by atoms with Gasteiger partial charge in [-0.05, 0) is 61.2 Å². The number of ether oxygens (including phenoxy) is 2. The first kappa shape index (κ1) is 23.1. The van der Waals surface area contributed by atoms with Crippen molar-refractivity contribution in [2.75, 3.05) is 18.5 Å². The minimum atomic E-state index is -0.377. The van der Waals surface area contributed by atoms with Crippen LogP contribution in [0.2, 0.25) is 0 Å². The number of hydrogen-bond donors (Lipinski definition) is 1. The lowest BCUT2D eigenvalue weighted by Gasteiger charge is -2.33. The number of allylic oxidation sites excluding steroid dienone is 1. The normalized spacial score (nSPS) is 16.9. The number of esters is 1. The van der Waals surface area contributed by atoms with Crippen LogP contribution in [0.4, 0.5) is 5.69 Å². The van der Waals surface area contributed by atoms with E-state index in [4.69, 9.17) is 9.47 Å². The summed E-state index contributed by atoms with van der Waals surface area (Å²) in [7, 11) is 0. The first-order chi connectivity index (χ1) is 16.0. The van der Waals surface area contributed by atoms with Crippen LogP contribution in [-0.4, -0.2) is 35.2 Å². The lowest BCUT2D eigenvalue weighted by molar-refractivity contribution is -0.139. The highest BCUT2D eigenvalue weighted by Crippen LogP contribution is 2.41. The number of fused-ring (bicyclic) bond motifs is 1. The lowest BCUT2D eigenvalue weighted by Crippen LogP contribution is -2.34. The second-order valence-electron chi connectivity index (χ2n) is 7.24. The van der Waals surface area contributed by atoms with Gasteiger partial charge in [0.15, 0.2) is 11.8 Å². The van der Waals surface area contributed by atoms with E-state index in [0.29, 0.717) is 29.3 Å². The summed E-state index contributed by atoms with van der Waals surface area (Å²) in [6, 6.07) is 14.3. The molecule has 0 spiro atoms. The van der Waals surface area contributed by atoms with Gasteiger partial charge < -0.3 is 19.7 Å². The number of rotatable bonds is 7. The van der Waals surface area contributed by atoms with Crippen LogP contribution in [-0.2, 0) is 14.3 Å². The van der Waals surface area contributed by atoms with Crippen LogP contribution in [0, 0.1) is 0 Å². The number of hydrogen-bond acceptors (Lipinski definition) is 7. The number of amidine groups is 1. The Balaban J connectivity index is 1.46. The molecule has 2 aromatic carbocycles. The van der Waals surface area contributed by atoms with Crippen molar-refractivity contribution in [2.24, 2.45) is 4.99 Å². The molecule has 1 N–H and O–H groups in total. The van der Waals surface area contributed by atoms with E-state index in [9.17, 15) is 9.59 Å². The van der Waals surface area contributed by atoms with Gasteiger partial charge in [-0.15, -0.1) is 0 Å². The minimum absolute atomic E-state index is 0.117. The Kier molecular flexibility index (Phi) is 7.20. The molecule has 0 aromatic heterocycles. The average molecular weight is 528 g/mol. The molecule has 0 bridgehead atoms. The van der Waals surface area contributed by atoms with Crippen molar-refractivity contribution in [1.29, 1.82) is 0 Å². The molecule has 0 unspecified atom stereocenters. The van der Waals surface area contributed by atoms with Crippen molar-refractivity contribution in [1.82, 2.24) is 4.90 Å². The zero-order valence-corrected chi connectivity index (χ0v) is 20.5. The molecule has 170 valence electrons. The van der Waals surface area contributed by atoms with E-state index in [1.54, 1.807) is 31.2 Å². The highest BCUT2D eigenvalue weighted by Gasteiger charge is 2.37. The maximum Gasteiger partial charge on any atom is 0.338 e. The maximum absolute atomic E-state index is 12.7. The van der Waals surface area contributed by atoms with Gasteiger partial charge >= 0.3 is 5.97 Å². The van der Waals surface area contributed by atoms with E-state index >= 15 is 0 Å². The standard InChI is InChI=1S/C24H22BrN3O4S/c1-3-31-23(30)21-15(2)26-24-28(12-13-33-24)22(21)16-4-10-19(11-5-16)32-14-20(29)27-18-8-6-17(25)7-9-18/h4-13,22H,3,14H2,1-2H3,(H,27,29)/t22-/m1/s1. The summed E-state index contributed by atoms with van der Waals surface area (Å²) in [5.41, 5.74) is 2.74. The Labute approximate surface area is 204 Å². The highest BCUT2D eigenvalue weighted by atomic mass is 79.9. The molecule has 2 aliphatic rings. The third kappa shape index (κ3) is 5.31. The lowest BCUT2D eigenvalue weighted by atomic mass is 9.95. The van der Waals surface area contributed by atoms with Crippen molar-refractivity contribution >= 4 is 50.4 Å². The quantitative estimate of drug-likeness (QED) is 0.496.